The largest absolute Gasteiger partial charge is 0.492 e. The average molecular weight is 453 g/mol. The number of aromatic nitrogens is 2. The highest BCUT2D eigenvalue weighted by Gasteiger charge is 2.17. The summed E-state index contributed by atoms with van der Waals surface area (Å²) in [6.45, 7) is 0.406. The number of rotatable bonds is 6. The van der Waals surface area contributed by atoms with Gasteiger partial charge in [0.25, 0.3) is 17.4 Å². The number of thiophene rings is 1. The van der Waals surface area contributed by atoms with Crippen molar-refractivity contribution in [2.45, 2.75) is 38.6 Å². The molecule has 4 rings (SSSR count). The van der Waals surface area contributed by atoms with Crippen LogP contribution >= 0.6 is 11.3 Å². The second kappa shape index (κ2) is 10.2. The summed E-state index contributed by atoms with van der Waals surface area (Å²) in [4.78, 5) is 38.8. The van der Waals surface area contributed by atoms with Crippen LogP contribution < -0.4 is 21.1 Å². The molecule has 9 heteroatoms. The first kappa shape index (κ1) is 21.8. The molecule has 32 heavy (non-hydrogen) atoms. The van der Waals surface area contributed by atoms with Crippen molar-refractivity contribution in [3.05, 3.63) is 79.9 Å². The summed E-state index contributed by atoms with van der Waals surface area (Å²) in [6, 6.07) is 13.7. The third-order valence-electron chi connectivity index (χ3n) is 5.17. The molecule has 0 atom stereocenters. The Kier molecular flexibility index (Phi) is 6.96. The highest BCUT2D eigenvalue weighted by molar-refractivity contribution is 7.14. The van der Waals surface area contributed by atoms with E-state index in [0.29, 0.717) is 10.6 Å². The number of hydrazine groups is 1. The van der Waals surface area contributed by atoms with E-state index in [1.807, 2.05) is 36.4 Å². The summed E-state index contributed by atoms with van der Waals surface area (Å²) in [7, 11) is 0. The maximum atomic E-state index is 12.5. The average Bonchev–Trinajstić information content (AvgIpc) is 3.09. The fourth-order valence-corrected chi connectivity index (χ4v) is 4.66. The van der Waals surface area contributed by atoms with Crippen LogP contribution in [-0.4, -0.2) is 28.2 Å². The number of aryl methyl sites for hydroxylation is 2. The summed E-state index contributed by atoms with van der Waals surface area (Å²) in [6.07, 6.45) is 5.49. The number of hydrogen-bond acceptors (Lipinski definition) is 6. The number of carbonyl (C=O) groups excluding carboxylic acids is 2. The molecule has 1 aliphatic rings. The molecule has 2 N–H and O–H groups in total. The Labute approximate surface area is 189 Å². The van der Waals surface area contributed by atoms with Gasteiger partial charge in [0.2, 0.25) is 0 Å². The molecule has 3 aromatic rings. The highest BCUT2D eigenvalue weighted by Crippen LogP contribution is 2.28. The lowest BCUT2D eigenvalue weighted by Crippen LogP contribution is -2.42. The molecule has 8 nitrogen and oxygen atoms in total. The molecule has 2 amide bonds. The fraction of sp³-hybridized carbons (Fsp3) is 0.304. The van der Waals surface area contributed by atoms with Crippen LogP contribution in [0.25, 0.3) is 0 Å². The zero-order valence-electron chi connectivity index (χ0n) is 17.5. The predicted molar refractivity (Wildman–Crippen MR) is 121 cm³/mol. The molecule has 0 unspecified atom stereocenters. The Bertz CT molecular complexity index is 1130. The highest BCUT2D eigenvalue weighted by atomic mass is 32.1. The van der Waals surface area contributed by atoms with Crippen molar-refractivity contribution >= 4 is 23.2 Å². The minimum Gasteiger partial charge on any atom is -0.492 e. The first-order valence-corrected chi connectivity index (χ1v) is 11.4. The lowest BCUT2D eigenvalue weighted by atomic mass is 10.1. The predicted octanol–water partition coefficient (Wildman–Crippen LogP) is 2.73. The number of para-hydroxylation sites is 1. The number of hydrogen-bond donors (Lipinski definition) is 2. The Morgan fingerprint density at radius 1 is 1.00 bits per heavy atom. The van der Waals surface area contributed by atoms with Crippen LogP contribution in [0.5, 0.6) is 5.75 Å². The number of amides is 2. The third-order valence-corrected chi connectivity index (χ3v) is 6.41. The summed E-state index contributed by atoms with van der Waals surface area (Å²) in [5, 5.41) is 4.08. The molecule has 0 saturated heterocycles. The number of ether oxygens (including phenoxy) is 1. The number of nitrogens with one attached hydrogen (secondary N) is 2. The molecule has 2 aromatic heterocycles. The lowest BCUT2D eigenvalue weighted by Gasteiger charge is -2.09. The molecular formula is C23H24N4O4S. The van der Waals surface area contributed by atoms with E-state index in [1.165, 1.54) is 40.3 Å². The van der Waals surface area contributed by atoms with E-state index in [0.717, 1.165) is 30.4 Å². The standard InChI is InChI=1S/C23H24N4O4S/c28-21-12-11-18(26-27(21)13-14-31-17-8-4-2-5-9-17)22(29)24-25-23(30)20-15-16-7-3-1-6-10-19(16)32-20/h2,4-5,8-9,11-12,15H,1,3,6-7,10,13-14H2,(H,24,29)(H,25,30). The second-order valence-electron chi connectivity index (χ2n) is 7.47. The van der Waals surface area contributed by atoms with Gasteiger partial charge in [-0.25, -0.2) is 4.68 Å². The molecule has 0 radical (unpaired) electrons. The van der Waals surface area contributed by atoms with Crippen LogP contribution in [0.3, 0.4) is 0 Å². The molecule has 1 aliphatic carbocycles. The number of nitrogens with zero attached hydrogens (tertiary/aromatic N) is 2. The molecule has 1 aromatic carbocycles. The minimum atomic E-state index is -0.603. The van der Waals surface area contributed by atoms with E-state index >= 15 is 0 Å². The van der Waals surface area contributed by atoms with E-state index in [1.54, 1.807) is 0 Å². The molecule has 0 spiro atoms. The van der Waals surface area contributed by atoms with Gasteiger partial charge in [0, 0.05) is 10.9 Å². The van der Waals surface area contributed by atoms with Crippen molar-refractivity contribution in [1.29, 1.82) is 0 Å². The second-order valence-corrected chi connectivity index (χ2v) is 8.61. The summed E-state index contributed by atoms with van der Waals surface area (Å²) in [5.74, 6) is -0.279. The van der Waals surface area contributed by atoms with Gasteiger partial charge in [0.15, 0.2) is 5.69 Å². The third kappa shape index (κ3) is 5.42. The topological polar surface area (TPSA) is 102 Å². The van der Waals surface area contributed by atoms with Crippen molar-refractivity contribution in [1.82, 2.24) is 20.6 Å². The number of carbonyl (C=O) groups is 2. The van der Waals surface area contributed by atoms with Crippen LogP contribution in [0.4, 0.5) is 0 Å². The quantitative estimate of drug-likeness (QED) is 0.442. The van der Waals surface area contributed by atoms with Gasteiger partial charge in [-0.3, -0.25) is 25.2 Å². The summed E-state index contributed by atoms with van der Waals surface area (Å²) >= 11 is 1.48. The Morgan fingerprint density at radius 3 is 2.62 bits per heavy atom. The van der Waals surface area contributed by atoms with Gasteiger partial charge in [-0.2, -0.15) is 5.10 Å². The Hall–Kier alpha value is -3.46. The molecule has 0 aliphatic heterocycles. The van der Waals surface area contributed by atoms with Crippen molar-refractivity contribution in [2.75, 3.05) is 6.61 Å². The van der Waals surface area contributed by atoms with Gasteiger partial charge in [-0.15, -0.1) is 11.3 Å². The van der Waals surface area contributed by atoms with E-state index in [9.17, 15) is 14.4 Å². The molecule has 0 bridgehead atoms. The van der Waals surface area contributed by atoms with Gasteiger partial charge < -0.3 is 4.74 Å². The zero-order chi connectivity index (χ0) is 22.3. The summed E-state index contributed by atoms with van der Waals surface area (Å²) in [5.41, 5.74) is 5.73. The van der Waals surface area contributed by atoms with Crippen molar-refractivity contribution in [3.63, 3.8) is 0 Å². The van der Waals surface area contributed by atoms with E-state index in [4.69, 9.17) is 4.74 Å². The maximum absolute atomic E-state index is 12.5. The van der Waals surface area contributed by atoms with Gasteiger partial charge in [0.05, 0.1) is 11.4 Å². The van der Waals surface area contributed by atoms with Crippen LogP contribution in [0.1, 0.15) is 49.9 Å². The van der Waals surface area contributed by atoms with Crippen molar-refractivity contribution < 1.29 is 14.3 Å². The Morgan fingerprint density at radius 2 is 1.78 bits per heavy atom. The van der Waals surface area contributed by atoms with Crippen LogP contribution in [-0.2, 0) is 19.4 Å². The molecule has 0 saturated carbocycles. The first-order chi connectivity index (χ1) is 15.6. The van der Waals surface area contributed by atoms with Crippen LogP contribution in [0.15, 0.2) is 53.3 Å². The van der Waals surface area contributed by atoms with E-state index in [-0.39, 0.29) is 30.3 Å². The monoisotopic (exact) mass is 452 g/mol. The van der Waals surface area contributed by atoms with Crippen LogP contribution in [0.2, 0.25) is 0 Å². The molecule has 0 fully saturated rings. The number of fused-ring (bicyclic) bond motifs is 1. The lowest BCUT2D eigenvalue weighted by molar-refractivity contribution is 0.0844. The van der Waals surface area contributed by atoms with Gasteiger partial charge in [-0.05, 0) is 55.5 Å². The molecule has 166 valence electrons. The van der Waals surface area contributed by atoms with E-state index in [2.05, 4.69) is 16.0 Å². The van der Waals surface area contributed by atoms with Gasteiger partial charge >= 0.3 is 0 Å². The number of benzene rings is 1. The van der Waals surface area contributed by atoms with Crippen molar-refractivity contribution in [2.24, 2.45) is 0 Å². The van der Waals surface area contributed by atoms with Crippen molar-refractivity contribution in [3.8, 4) is 5.75 Å². The smallest absolute Gasteiger partial charge is 0.290 e. The van der Waals surface area contributed by atoms with E-state index < -0.39 is 5.91 Å². The molecule has 2 heterocycles. The maximum Gasteiger partial charge on any atom is 0.290 e. The van der Waals surface area contributed by atoms with Gasteiger partial charge in [-0.1, -0.05) is 24.6 Å². The van der Waals surface area contributed by atoms with Gasteiger partial charge in [0.1, 0.15) is 12.4 Å². The summed E-state index contributed by atoms with van der Waals surface area (Å²) < 4.78 is 6.74. The molecular weight excluding hydrogens is 428 g/mol. The first-order valence-electron chi connectivity index (χ1n) is 10.6. The van der Waals surface area contributed by atoms with Crippen LogP contribution in [0, 0.1) is 0 Å². The Balaban J connectivity index is 1.33. The fourth-order valence-electron chi connectivity index (χ4n) is 3.52. The SMILES string of the molecule is O=C(NNC(=O)c1cc2c(s1)CCCCC2)c1ccc(=O)n(CCOc2ccccc2)n1. The minimum absolute atomic E-state index is 0.0200. The zero-order valence-corrected chi connectivity index (χ0v) is 18.3. The normalized spacial score (nSPS) is 13.0.